The molecule has 0 saturated carbocycles. The van der Waals surface area contributed by atoms with E-state index in [2.05, 4.69) is 20.3 Å². The van der Waals surface area contributed by atoms with E-state index < -0.39 is 11.5 Å². The van der Waals surface area contributed by atoms with E-state index in [9.17, 15) is 9.59 Å². The molecule has 1 amide bonds. The van der Waals surface area contributed by atoms with Crippen LogP contribution >= 0.6 is 23.2 Å². The van der Waals surface area contributed by atoms with E-state index >= 15 is 0 Å². The summed E-state index contributed by atoms with van der Waals surface area (Å²) < 4.78 is 0. The Kier molecular flexibility index (Phi) is 5.35. The summed E-state index contributed by atoms with van der Waals surface area (Å²) in [5, 5.41) is 3.58. The zero-order chi connectivity index (χ0) is 18.7. The number of pyridine rings is 1. The van der Waals surface area contributed by atoms with Crippen molar-refractivity contribution >= 4 is 29.1 Å². The third-order valence-corrected chi connectivity index (χ3v) is 4.22. The van der Waals surface area contributed by atoms with Crippen molar-refractivity contribution in [2.75, 3.05) is 0 Å². The van der Waals surface area contributed by atoms with E-state index in [1.165, 1.54) is 6.20 Å². The van der Waals surface area contributed by atoms with Gasteiger partial charge in [-0.3, -0.25) is 9.59 Å². The minimum Gasteiger partial charge on any atom is -0.348 e. The lowest BCUT2D eigenvalue weighted by Gasteiger charge is -2.07. The van der Waals surface area contributed by atoms with Crippen molar-refractivity contribution < 1.29 is 4.79 Å². The van der Waals surface area contributed by atoms with Crippen LogP contribution in [0.1, 0.15) is 21.6 Å². The number of halogens is 2. The molecular weight excluding hydrogens is 375 g/mol. The van der Waals surface area contributed by atoms with Gasteiger partial charge in [0, 0.05) is 28.5 Å². The molecule has 2 N–H and O–H groups in total. The van der Waals surface area contributed by atoms with E-state index in [1.807, 2.05) is 19.1 Å². The van der Waals surface area contributed by atoms with Gasteiger partial charge in [0.2, 0.25) is 0 Å². The van der Waals surface area contributed by atoms with Crippen LogP contribution in [-0.2, 0) is 6.54 Å². The average Bonchev–Trinajstić information content (AvgIpc) is 2.60. The zero-order valence-electron chi connectivity index (χ0n) is 13.7. The topological polar surface area (TPSA) is 87.7 Å². The maximum absolute atomic E-state index is 12.3. The lowest BCUT2D eigenvalue weighted by atomic mass is 10.2. The molecule has 1 aromatic carbocycles. The van der Waals surface area contributed by atoms with Gasteiger partial charge < -0.3 is 10.3 Å². The van der Waals surface area contributed by atoms with Crippen molar-refractivity contribution in [3.05, 3.63) is 79.8 Å². The molecular formula is C18H14Cl2N4O2. The predicted molar refractivity (Wildman–Crippen MR) is 100 cm³/mol. The highest BCUT2D eigenvalue weighted by Gasteiger charge is 2.13. The normalized spacial score (nSPS) is 10.6. The van der Waals surface area contributed by atoms with Crippen LogP contribution in [0.3, 0.4) is 0 Å². The Morgan fingerprint density at radius 1 is 1.23 bits per heavy atom. The first-order valence-electron chi connectivity index (χ1n) is 7.69. The molecule has 3 rings (SSSR count). The highest BCUT2D eigenvalue weighted by atomic mass is 35.5. The second-order valence-corrected chi connectivity index (χ2v) is 6.40. The molecule has 0 spiro atoms. The SMILES string of the molecule is Cc1cccc(-c2ncc(C(=O)NCc3ccc(Cl)cc3Cl)c(=O)[nH]2)n1. The maximum Gasteiger partial charge on any atom is 0.264 e. The van der Waals surface area contributed by atoms with E-state index in [0.29, 0.717) is 27.1 Å². The first-order chi connectivity index (χ1) is 12.4. The lowest BCUT2D eigenvalue weighted by Crippen LogP contribution is -2.29. The molecule has 0 radical (unpaired) electrons. The molecule has 0 unspecified atom stereocenters. The molecule has 0 atom stereocenters. The van der Waals surface area contributed by atoms with E-state index in [4.69, 9.17) is 23.2 Å². The lowest BCUT2D eigenvalue weighted by molar-refractivity contribution is 0.0949. The number of aromatic nitrogens is 3. The smallest absolute Gasteiger partial charge is 0.264 e. The third kappa shape index (κ3) is 4.09. The Morgan fingerprint density at radius 3 is 2.73 bits per heavy atom. The molecule has 2 heterocycles. The van der Waals surface area contributed by atoms with Crippen LogP contribution in [0.15, 0.2) is 47.4 Å². The first kappa shape index (κ1) is 18.1. The minimum atomic E-state index is -0.548. The molecule has 0 aliphatic heterocycles. The van der Waals surface area contributed by atoms with Gasteiger partial charge in [-0.2, -0.15) is 0 Å². The van der Waals surface area contributed by atoms with Crippen molar-refractivity contribution in [1.82, 2.24) is 20.3 Å². The zero-order valence-corrected chi connectivity index (χ0v) is 15.2. The van der Waals surface area contributed by atoms with Crippen molar-refractivity contribution in [3.63, 3.8) is 0 Å². The van der Waals surface area contributed by atoms with Gasteiger partial charge in [-0.1, -0.05) is 35.3 Å². The number of benzene rings is 1. The number of rotatable bonds is 4. The van der Waals surface area contributed by atoms with Crippen LogP contribution in [0, 0.1) is 6.92 Å². The van der Waals surface area contributed by atoms with Crippen molar-refractivity contribution in [2.45, 2.75) is 13.5 Å². The number of carbonyl (C=O) groups is 1. The number of amides is 1. The summed E-state index contributed by atoms with van der Waals surface area (Å²) in [6.45, 7) is 2.00. The van der Waals surface area contributed by atoms with Crippen LogP contribution in [-0.4, -0.2) is 20.9 Å². The second-order valence-electron chi connectivity index (χ2n) is 5.56. The molecule has 6 nitrogen and oxygen atoms in total. The molecule has 2 aromatic heterocycles. The Hall–Kier alpha value is -2.70. The molecule has 0 saturated heterocycles. The molecule has 0 aliphatic carbocycles. The van der Waals surface area contributed by atoms with Gasteiger partial charge in [-0.25, -0.2) is 9.97 Å². The molecule has 132 valence electrons. The summed E-state index contributed by atoms with van der Waals surface area (Å²) in [5.74, 6) is -0.246. The number of hydrogen-bond donors (Lipinski definition) is 2. The second kappa shape index (κ2) is 7.68. The first-order valence-corrected chi connectivity index (χ1v) is 8.45. The highest BCUT2D eigenvalue weighted by molar-refractivity contribution is 6.35. The molecule has 26 heavy (non-hydrogen) atoms. The van der Waals surface area contributed by atoms with Gasteiger partial charge in [0.05, 0.1) is 0 Å². The maximum atomic E-state index is 12.3. The number of aromatic amines is 1. The summed E-state index contributed by atoms with van der Waals surface area (Å²) in [7, 11) is 0. The van der Waals surface area contributed by atoms with E-state index in [0.717, 1.165) is 5.69 Å². The molecule has 0 fully saturated rings. The number of nitrogens with zero attached hydrogens (tertiary/aromatic N) is 2. The Labute approximate surface area is 159 Å². The fourth-order valence-electron chi connectivity index (χ4n) is 2.30. The number of nitrogens with one attached hydrogen (secondary N) is 2. The standard InChI is InChI=1S/C18H14Cl2N4O2/c1-10-3-2-4-15(23-10)16-21-9-13(18(26)24-16)17(25)22-8-11-5-6-12(19)7-14(11)20/h2-7,9H,8H2,1H3,(H,22,25)(H,21,24,26). The van der Waals surface area contributed by atoms with Crippen LogP contribution in [0.2, 0.25) is 10.0 Å². The van der Waals surface area contributed by atoms with Gasteiger partial charge in [0.25, 0.3) is 11.5 Å². The number of H-pyrrole nitrogens is 1. The summed E-state index contributed by atoms with van der Waals surface area (Å²) in [6, 6.07) is 10.3. The van der Waals surface area contributed by atoms with Crippen LogP contribution in [0.4, 0.5) is 0 Å². The van der Waals surface area contributed by atoms with Gasteiger partial charge in [-0.05, 0) is 36.8 Å². The van der Waals surface area contributed by atoms with Crippen molar-refractivity contribution in [2.24, 2.45) is 0 Å². The van der Waals surface area contributed by atoms with Gasteiger partial charge in [0.15, 0.2) is 5.82 Å². The molecule has 0 bridgehead atoms. The van der Waals surface area contributed by atoms with Crippen LogP contribution in [0.5, 0.6) is 0 Å². The summed E-state index contributed by atoms with van der Waals surface area (Å²) in [6.07, 6.45) is 1.23. The van der Waals surface area contributed by atoms with E-state index in [1.54, 1.807) is 24.3 Å². The molecule has 0 aliphatic rings. The third-order valence-electron chi connectivity index (χ3n) is 3.63. The van der Waals surface area contributed by atoms with Gasteiger partial charge in [0.1, 0.15) is 11.3 Å². The molecule has 8 heteroatoms. The van der Waals surface area contributed by atoms with E-state index in [-0.39, 0.29) is 12.1 Å². The number of aryl methyl sites for hydroxylation is 1. The summed E-state index contributed by atoms with van der Waals surface area (Å²) in [5.41, 5.74) is 1.38. The fraction of sp³-hybridized carbons (Fsp3) is 0.111. The fourth-order valence-corrected chi connectivity index (χ4v) is 2.77. The Morgan fingerprint density at radius 2 is 2.04 bits per heavy atom. The highest BCUT2D eigenvalue weighted by Crippen LogP contribution is 2.20. The molecule has 3 aromatic rings. The summed E-state index contributed by atoms with van der Waals surface area (Å²) >= 11 is 11.9. The van der Waals surface area contributed by atoms with Crippen molar-refractivity contribution in [3.8, 4) is 11.5 Å². The Balaban J connectivity index is 1.77. The summed E-state index contributed by atoms with van der Waals surface area (Å²) in [4.78, 5) is 35.5. The largest absolute Gasteiger partial charge is 0.348 e. The van der Waals surface area contributed by atoms with Gasteiger partial charge >= 0.3 is 0 Å². The van der Waals surface area contributed by atoms with Gasteiger partial charge in [-0.15, -0.1) is 0 Å². The predicted octanol–water partition coefficient (Wildman–Crippen LogP) is 3.38. The van der Waals surface area contributed by atoms with Crippen LogP contribution < -0.4 is 10.9 Å². The quantitative estimate of drug-likeness (QED) is 0.716. The van der Waals surface area contributed by atoms with Crippen LogP contribution in [0.25, 0.3) is 11.5 Å². The number of hydrogen-bond acceptors (Lipinski definition) is 4. The van der Waals surface area contributed by atoms with Crippen molar-refractivity contribution in [1.29, 1.82) is 0 Å². The minimum absolute atomic E-state index is 0.0912. The Bertz CT molecular complexity index is 1030. The number of carbonyl (C=O) groups excluding carboxylic acids is 1. The monoisotopic (exact) mass is 388 g/mol. The average molecular weight is 389 g/mol.